The van der Waals surface area contributed by atoms with Gasteiger partial charge in [0.25, 0.3) is 5.56 Å². The van der Waals surface area contributed by atoms with Crippen LogP contribution in [0.25, 0.3) is 22.4 Å². The van der Waals surface area contributed by atoms with Crippen LogP contribution in [0.4, 0.5) is 0 Å². The van der Waals surface area contributed by atoms with E-state index < -0.39 is 0 Å². The molecule has 0 spiro atoms. The minimum Gasteiger partial charge on any atom is -0.334 e. The molecular formula is C22H28N5O2S+. The van der Waals surface area contributed by atoms with Crippen LogP contribution in [0.2, 0.25) is 0 Å². The number of nitrogens with one attached hydrogen (secondary N) is 1. The first-order valence-electron chi connectivity index (χ1n) is 10.5. The molecule has 3 heterocycles. The maximum absolute atomic E-state index is 12.9. The van der Waals surface area contributed by atoms with E-state index in [1.54, 1.807) is 23.7 Å². The van der Waals surface area contributed by atoms with Gasteiger partial charge in [0.05, 0.1) is 19.6 Å². The van der Waals surface area contributed by atoms with Crippen molar-refractivity contribution in [3.63, 3.8) is 0 Å². The van der Waals surface area contributed by atoms with Crippen molar-refractivity contribution in [1.82, 2.24) is 19.1 Å². The predicted molar refractivity (Wildman–Crippen MR) is 120 cm³/mol. The van der Waals surface area contributed by atoms with Gasteiger partial charge in [0.1, 0.15) is 10.4 Å². The van der Waals surface area contributed by atoms with Crippen molar-refractivity contribution in [2.45, 2.75) is 31.2 Å². The summed E-state index contributed by atoms with van der Waals surface area (Å²) in [5.41, 5.74) is 1.67. The number of piperidine rings is 1. The molecule has 0 atom stereocenters. The first kappa shape index (κ1) is 20.8. The zero-order valence-electron chi connectivity index (χ0n) is 17.8. The number of fused-ring (bicyclic) bond motifs is 1. The van der Waals surface area contributed by atoms with E-state index in [0.717, 1.165) is 28.0 Å². The average Bonchev–Trinajstić information content (AvgIpc) is 2.76. The maximum atomic E-state index is 12.9. The van der Waals surface area contributed by atoms with Gasteiger partial charge in [-0.1, -0.05) is 35.5 Å². The lowest BCUT2D eigenvalue weighted by molar-refractivity contribution is -0.902. The predicted octanol–water partition coefficient (Wildman–Crippen LogP) is 1.16. The molecule has 0 unspecified atom stereocenters. The van der Waals surface area contributed by atoms with Gasteiger partial charge in [-0.25, -0.2) is 14.8 Å². The third-order valence-electron chi connectivity index (χ3n) is 5.80. The van der Waals surface area contributed by atoms with Gasteiger partial charge < -0.3 is 4.90 Å². The third kappa shape index (κ3) is 4.06. The van der Waals surface area contributed by atoms with E-state index in [1.807, 2.05) is 31.2 Å². The Labute approximate surface area is 179 Å². The molecule has 158 valence electrons. The quantitative estimate of drug-likeness (QED) is 0.490. The van der Waals surface area contributed by atoms with Gasteiger partial charge in [-0.2, -0.15) is 0 Å². The van der Waals surface area contributed by atoms with E-state index in [2.05, 4.69) is 4.98 Å². The highest BCUT2D eigenvalue weighted by atomic mass is 32.2. The average molecular weight is 427 g/mol. The van der Waals surface area contributed by atoms with Crippen molar-refractivity contribution in [1.29, 1.82) is 0 Å². The monoisotopic (exact) mass is 426 g/mol. The lowest BCUT2D eigenvalue weighted by Gasteiger charge is -2.23. The third-order valence-corrected chi connectivity index (χ3v) is 6.78. The molecule has 1 aromatic carbocycles. The van der Waals surface area contributed by atoms with Gasteiger partial charge in [0.15, 0.2) is 11.5 Å². The highest BCUT2D eigenvalue weighted by molar-refractivity contribution is 7.99. The Bertz CT molecular complexity index is 1190. The molecule has 2 aromatic heterocycles. The van der Waals surface area contributed by atoms with Gasteiger partial charge in [-0.15, -0.1) is 0 Å². The second-order valence-electron chi connectivity index (χ2n) is 8.04. The van der Waals surface area contributed by atoms with Crippen molar-refractivity contribution < 1.29 is 4.90 Å². The van der Waals surface area contributed by atoms with E-state index in [4.69, 9.17) is 4.98 Å². The summed E-state index contributed by atoms with van der Waals surface area (Å²) in [5, 5.41) is 1.08. The minimum atomic E-state index is -0.380. The number of hydrogen-bond donors (Lipinski definition) is 1. The van der Waals surface area contributed by atoms with E-state index in [9.17, 15) is 9.59 Å². The summed E-state index contributed by atoms with van der Waals surface area (Å²) in [7, 11) is 3.16. The molecule has 7 nitrogen and oxygen atoms in total. The van der Waals surface area contributed by atoms with Crippen molar-refractivity contribution in [2.24, 2.45) is 14.1 Å². The van der Waals surface area contributed by atoms with Crippen LogP contribution in [0.3, 0.4) is 0 Å². The van der Waals surface area contributed by atoms with Crippen LogP contribution in [-0.4, -0.2) is 44.5 Å². The van der Waals surface area contributed by atoms with Crippen molar-refractivity contribution in [2.75, 3.05) is 25.4 Å². The number of thioether (sulfide) groups is 1. The Balaban J connectivity index is 1.79. The summed E-state index contributed by atoms with van der Waals surface area (Å²) in [5.74, 6) is 1.42. The molecule has 1 saturated heterocycles. The summed E-state index contributed by atoms with van der Waals surface area (Å²) in [6.07, 6.45) is 3.91. The fourth-order valence-electron chi connectivity index (χ4n) is 4.04. The van der Waals surface area contributed by atoms with E-state index in [-0.39, 0.29) is 11.2 Å². The zero-order valence-corrected chi connectivity index (χ0v) is 18.6. The molecule has 30 heavy (non-hydrogen) atoms. The fourth-order valence-corrected chi connectivity index (χ4v) is 5.10. The number of rotatable bonds is 5. The molecule has 0 saturated carbocycles. The van der Waals surface area contributed by atoms with Crippen LogP contribution < -0.4 is 16.1 Å². The van der Waals surface area contributed by atoms with Crippen molar-refractivity contribution in [3.05, 3.63) is 50.7 Å². The summed E-state index contributed by atoms with van der Waals surface area (Å²) >= 11 is 1.59. The number of benzene rings is 1. The Kier molecular flexibility index (Phi) is 6.06. The Morgan fingerprint density at radius 2 is 1.83 bits per heavy atom. The molecule has 4 rings (SSSR count). The second-order valence-corrected chi connectivity index (χ2v) is 9.12. The molecule has 0 bridgehead atoms. The smallest absolute Gasteiger partial charge is 0.332 e. The molecule has 1 aliphatic heterocycles. The number of hydrogen-bond acceptors (Lipinski definition) is 5. The van der Waals surface area contributed by atoms with Crippen molar-refractivity contribution in [3.8, 4) is 11.4 Å². The molecule has 0 amide bonds. The number of likely N-dealkylation sites (tertiary alicyclic amines) is 1. The summed E-state index contributed by atoms with van der Waals surface area (Å²) in [6, 6.07) is 7.97. The normalized spacial score (nSPS) is 15.0. The molecular weight excluding hydrogens is 398 g/mol. The number of aromatic nitrogens is 4. The van der Waals surface area contributed by atoms with Crippen LogP contribution >= 0.6 is 11.8 Å². The Hall–Kier alpha value is -2.45. The Morgan fingerprint density at radius 1 is 1.07 bits per heavy atom. The minimum absolute atomic E-state index is 0.336. The van der Waals surface area contributed by atoms with Gasteiger partial charge in [-0.05, 0) is 32.3 Å². The lowest BCUT2D eigenvalue weighted by atomic mass is 10.1. The standard InChI is InChI=1S/C22H27N5O2S/c1-15-8-7-9-16(14-15)18-23-19-17(21(28)26(3)22(29)25(19)2)20(24-18)30-13-12-27-10-5-4-6-11-27/h7-9,14H,4-6,10-13H2,1-3H3/p+1. The highest BCUT2D eigenvalue weighted by Crippen LogP contribution is 2.26. The molecule has 0 aliphatic carbocycles. The van der Waals surface area contributed by atoms with Crippen LogP contribution in [0.15, 0.2) is 38.9 Å². The topological polar surface area (TPSA) is 74.2 Å². The molecule has 0 radical (unpaired) electrons. The first-order valence-corrected chi connectivity index (χ1v) is 11.5. The van der Waals surface area contributed by atoms with Gasteiger partial charge >= 0.3 is 5.69 Å². The number of aryl methyl sites for hydroxylation is 2. The fraction of sp³-hybridized carbons (Fsp3) is 0.455. The van der Waals surface area contributed by atoms with Crippen LogP contribution in [0.5, 0.6) is 0 Å². The van der Waals surface area contributed by atoms with Gasteiger partial charge in [-0.3, -0.25) is 13.9 Å². The van der Waals surface area contributed by atoms with E-state index in [1.165, 1.54) is 44.0 Å². The van der Waals surface area contributed by atoms with Gasteiger partial charge in [0.2, 0.25) is 0 Å². The highest BCUT2D eigenvalue weighted by Gasteiger charge is 2.19. The molecule has 1 fully saturated rings. The largest absolute Gasteiger partial charge is 0.334 e. The SMILES string of the molecule is Cc1cccc(-c2nc(SCC[NH+]3CCCCC3)c3c(=O)n(C)c(=O)n(C)c3n2)c1. The van der Waals surface area contributed by atoms with Gasteiger partial charge in [0, 0.05) is 25.4 Å². The van der Waals surface area contributed by atoms with Crippen LogP contribution in [0, 0.1) is 6.92 Å². The summed E-state index contributed by atoms with van der Waals surface area (Å²) < 4.78 is 2.58. The van der Waals surface area contributed by atoms with E-state index in [0.29, 0.717) is 21.9 Å². The first-order chi connectivity index (χ1) is 14.5. The molecule has 3 aromatic rings. The van der Waals surface area contributed by atoms with Crippen molar-refractivity contribution >= 4 is 22.8 Å². The number of quaternary nitrogens is 1. The second kappa shape index (κ2) is 8.73. The molecule has 1 aliphatic rings. The number of nitrogens with zero attached hydrogens (tertiary/aromatic N) is 4. The van der Waals surface area contributed by atoms with Crippen LogP contribution in [-0.2, 0) is 14.1 Å². The maximum Gasteiger partial charge on any atom is 0.332 e. The summed E-state index contributed by atoms with van der Waals surface area (Å²) in [6.45, 7) is 5.50. The zero-order chi connectivity index (χ0) is 21.3. The molecule has 8 heteroatoms. The Morgan fingerprint density at radius 3 is 2.57 bits per heavy atom. The van der Waals surface area contributed by atoms with Crippen LogP contribution in [0.1, 0.15) is 24.8 Å². The van der Waals surface area contributed by atoms with E-state index >= 15 is 0 Å². The molecule has 1 N–H and O–H groups in total. The summed E-state index contributed by atoms with van der Waals surface area (Å²) in [4.78, 5) is 36.5. The lowest BCUT2D eigenvalue weighted by Crippen LogP contribution is -3.13.